The van der Waals surface area contributed by atoms with Gasteiger partial charge < -0.3 is 20.4 Å². The third-order valence-corrected chi connectivity index (χ3v) is 5.59. The van der Waals surface area contributed by atoms with Gasteiger partial charge >= 0.3 is 0 Å². The van der Waals surface area contributed by atoms with Gasteiger partial charge in [-0.15, -0.1) is 5.10 Å². The molecule has 6 rings (SSSR count). The van der Waals surface area contributed by atoms with Crippen LogP contribution in [0.1, 0.15) is 10.5 Å². The van der Waals surface area contributed by atoms with E-state index >= 15 is 0 Å². The van der Waals surface area contributed by atoms with Gasteiger partial charge in [-0.05, 0) is 36.4 Å². The molecule has 0 fully saturated rings. The number of hydrogen-bond acceptors (Lipinski definition) is 8. The molecule has 4 aromatic heterocycles. The molecule has 0 unspecified atom stereocenters. The minimum atomic E-state index is -0.306. The van der Waals surface area contributed by atoms with Crippen LogP contribution in [0.4, 0.5) is 17.2 Å². The number of rotatable bonds is 6. The van der Waals surface area contributed by atoms with Crippen LogP contribution in [0.2, 0.25) is 0 Å². The van der Waals surface area contributed by atoms with Crippen molar-refractivity contribution in [1.29, 1.82) is 0 Å². The number of methoxy groups -OCH3 is 1. The fraction of sp³-hybridized carbons (Fsp3) is 0.0400. The highest BCUT2D eigenvalue weighted by molar-refractivity contribution is 6.06. The van der Waals surface area contributed by atoms with Gasteiger partial charge in [0.05, 0.1) is 30.7 Å². The normalized spacial score (nSPS) is 11.0. The Morgan fingerprint density at radius 1 is 0.944 bits per heavy atom. The Hall–Kier alpha value is -5.32. The topological polar surface area (TPSA) is 146 Å². The summed E-state index contributed by atoms with van der Waals surface area (Å²) >= 11 is 0. The van der Waals surface area contributed by atoms with Crippen molar-refractivity contribution in [2.45, 2.75) is 0 Å². The van der Waals surface area contributed by atoms with Gasteiger partial charge in [0, 0.05) is 39.8 Å². The van der Waals surface area contributed by atoms with Crippen molar-refractivity contribution in [3.8, 4) is 17.3 Å². The second-order valence-electron chi connectivity index (χ2n) is 7.99. The van der Waals surface area contributed by atoms with Crippen LogP contribution in [0.25, 0.3) is 33.2 Å². The molecule has 4 N–H and O–H groups in total. The lowest BCUT2D eigenvalue weighted by Gasteiger charge is -2.07. The van der Waals surface area contributed by atoms with Gasteiger partial charge in [0.1, 0.15) is 11.5 Å². The number of carbonyl (C=O) groups is 1. The second kappa shape index (κ2) is 8.80. The van der Waals surface area contributed by atoms with Gasteiger partial charge in [0.2, 0.25) is 5.88 Å². The molecule has 176 valence electrons. The smallest absolute Gasteiger partial charge is 0.272 e. The molecule has 36 heavy (non-hydrogen) atoms. The summed E-state index contributed by atoms with van der Waals surface area (Å²) in [7, 11) is 1.49. The molecule has 0 saturated heterocycles. The van der Waals surface area contributed by atoms with Gasteiger partial charge in [0.25, 0.3) is 5.91 Å². The van der Waals surface area contributed by atoms with E-state index < -0.39 is 0 Å². The van der Waals surface area contributed by atoms with Gasteiger partial charge in [-0.3, -0.25) is 9.89 Å². The van der Waals surface area contributed by atoms with Crippen molar-refractivity contribution >= 4 is 44.9 Å². The Morgan fingerprint density at radius 2 is 1.89 bits per heavy atom. The fourth-order valence-corrected chi connectivity index (χ4v) is 3.84. The third kappa shape index (κ3) is 4.16. The van der Waals surface area contributed by atoms with Crippen molar-refractivity contribution < 1.29 is 9.53 Å². The van der Waals surface area contributed by atoms with Crippen LogP contribution in [0.5, 0.6) is 5.88 Å². The first-order valence-corrected chi connectivity index (χ1v) is 11.0. The summed E-state index contributed by atoms with van der Waals surface area (Å²) in [5.74, 6) is 1.23. The van der Waals surface area contributed by atoms with Crippen molar-refractivity contribution in [1.82, 2.24) is 35.3 Å². The molecule has 0 aliphatic rings. The first-order chi connectivity index (χ1) is 17.6. The first kappa shape index (κ1) is 21.2. The molecule has 11 nitrogen and oxygen atoms in total. The zero-order chi connectivity index (χ0) is 24.5. The molecule has 2 aromatic carbocycles. The van der Waals surface area contributed by atoms with Crippen LogP contribution in [-0.4, -0.2) is 48.4 Å². The lowest BCUT2D eigenvalue weighted by molar-refractivity contribution is 0.102. The highest BCUT2D eigenvalue weighted by atomic mass is 16.5. The van der Waals surface area contributed by atoms with E-state index in [1.54, 1.807) is 24.5 Å². The summed E-state index contributed by atoms with van der Waals surface area (Å²) in [5.41, 5.74) is 4.35. The number of nitrogens with zero attached hydrogens (tertiary/aromatic N) is 5. The van der Waals surface area contributed by atoms with Crippen LogP contribution >= 0.6 is 0 Å². The predicted molar refractivity (Wildman–Crippen MR) is 135 cm³/mol. The number of amides is 1. The Balaban J connectivity index is 1.23. The van der Waals surface area contributed by atoms with E-state index in [4.69, 9.17) is 4.74 Å². The van der Waals surface area contributed by atoms with Crippen LogP contribution in [0, 0.1) is 0 Å². The molecular weight excluding hydrogens is 458 g/mol. The van der Waals surface area contributed by atoms with E-state index in [0.717, 1.165) is 33.1 Å². The number of carbonyl (C=O) groups excluding carboxylic acids is 1. The first-order valence-electron chi connectivity index (χ1n) is 11.0. The van der Waals surface area contributed by atoms with Gasteiger partial charge in [-0.2, -0.15) is 10.2 Å². The lowest BCUT2D eigenvalue weighted by Crippen LogP contribution is -2.12. The van der Waals surface area contributed by atoms with E-state index in [-0.39, 0.29) is 5.91 Å². The largest absolute Gasteiger partial charge is 0.480 e. The average Bonchev–Trinajstić information content (AvgIpc) is 3.55. The van der Waals surface area contributed by atoms with Gasteiger partial charge in [-0.25, -0.2) is 9.97 Å². The van der Waals surface area contributed by atoms with Crippen LogP contribution in [-0.2, 0) is 0 Å². The molecule has 0 radical (unpaired) electrons. The van der Waals surface area contributed by atoms with Crippen molar-refractivity contribution in [2.75, 3.05) is 17.7 Å². The Bertz CT molecular complexity index is 1720. The van der Waals surface area contributed by atoms with E-state index in [0.29, 0.717) is 28.9 Å². The van der Waals surface area contributed by atoms with Crippen molar-refractivity contribution in [3.05, 3.63) is 78.9 Å². The number of benzene rings is 2. The van der Waals surface area contributed by atoms with Crippen molar-refractivity contribution in [3.63, 3.8) is 0 Å². The SMILES string of the molecule is COc1cc(NC(=O)c2cc3ccc(-c4nccc(Nc5ccc6[nH]ncc6c5)n4)cc3[nH]2)cnn1. The molecule has 0 aliphatic carbocycles. The summed E-state index contributed by atoms with van der Waals surface area (Å²) in [6.45, 7) is 0. The lowest BCUT2D eigenvalue weighted by atomic mass is 10.1. The van der Waals surface area contributed by atoms with Gasteiger partial charge in [-0.1, -0.05) is 12.1 Å². The van der Waals surface area contributed by atoms with E-state index in [2.05, 4.69) is 46.0 Å². The minimum Gasteiger partial charge on any atom is -0.480 e. The number of ether oxygens (including phenoxy) is 1. The maximum atomic E-state index is 12.8. The van der Waals surface area contributed by atoms with Crippen LogP contribution < -0.4 is 15.4 Å². The second-order valence-corrected chi connectivity index (χ2v) is 7.99. The van der Waals surface area contributed by atoms with Gasteiger partial charge in [0.15, 0.2) is 5.82 Å². The number of fused-ring (bicyclic) bond motifs is 2. The molecule has 0 spiro atoms. The molecule has 6 aromatic rings. The third-order valence-electron chi connectivity index (χ3n) is 5.59. The Kier molecular flexibility index (Phi) is 5.19. The standard InChI is InChI=1S/C25H19N9O2/c1-36-23-11-18(13-28-34-23)30-25(35)21-9-14-2-3-15(10-20(14)31-21)24-26-7-6-22(32-24)29-17-4-5-19-16(8-17)12-27-33-19/h2-13,31H,1H3,(H,27,33)(H,26,29,32)(H,30,34,35). The van der Waals surface area contributed by atoms with Crippen molar-refractivity contribution in [2.24, 2.45) is 0 Å². The average molecular weight is 477 g/mol. The highest BCUT2D eigenvalue weighted by Crippen LogP contribution is 2.25. The fourth-order valence-electron chi connectivity index (χ4n) is 3.84. The maximum absolute atomic E-state index is 12.8. The molecular formula is C25H19N9O2. The maximum Gasteiger partial charge on any atom is 0.272 e. The minimum absolute atomic E-state index is 0.306. The number of aromatic amines is 2. The number of hydrogen-bond donors (Lipinski definition) is 4. The quantitative estimate of drug-likeness (QED) is 0.278. The summed E-state index contributed by atoms with van der Waals surface area (Å²) in [6, 6.07) is 16.9. The van der Waals surface area contributed by atoms with E-state index in [1.165, 1.54) is 13.3 Å². The monoisotopic (exact) mass is 477 g/mol. The number of H-pyrrole nitrogens is 2. The molecule has 0 saturated carbocycles. The number of aromatic nitrogens is 7. The molecule has 4 heterocycles. The van der Waals surface area contributed by atoms with Crippen LogP contribution in [0.15, 0.2) is 73.2 Å². The molecule has 0 atom stereocenters. The van der Waals surface area contributed by atoms with E-state index in [9.17, 15) is 4.79 Å². The molecule has 1 amide bonds. The molecule has 0 bridgehead atoms. The summed E-state index contributed by atoms with van der Waals surface area (Å²) in [5, 5.41) is 22.6. The summed E-state index contributed by atoms with van der Waals surface area (Å²) in [6.07, 6.45) is 4.93. The number of nitrogens with one attached hydrogen (secondary N) is 4. The number of anilines is 3. The van der Waals surface area contributed by atoms with E-state index in [1.807, 2.05) is 42.5 Å². The summed E-state index contributed by atoms with van der Waals surface area (Å²) < 4.78 is 5.05. The highest BCUT2D eigenvalue weighted by Gasteiger charge is 2.13. The molecule has 11 heteroatoms. The Morgan fingerprint density at radius 3 is 2.81 bits per heavy atom. The zero-order valence-electron chi connectivity index (χ0n) is 19.0. The molecule has 0 aliphatic heterocycles. The Labute approximate surface area is 204 Å². The zero-order valence-corrected chi connectivity index (χ0v) is 19.0. The summed E-state index contributed by atoms with van der Waals surface area (Å²) in [4.78, 5) is 25.0. The predicted octanol–water partition coefficient (Wildman–Crippen LogP) is 4.30. The van der Waals surface area contributed by atoms with Crippen LogP contribution in [0.3, 0.4) is 0 Å².